The average molecular weight is 614 g/mol. The number of benzene rings is 2. The number of hydrogen-bond acceptors (Lipinski definition) is 7. The number of hydrogen-bond donors (Lipinski definition) is 1. The topological polar surface area (TPSA) is 90.5 Å². The standard InChI is InChI=1S/C31H35F4N7O2/c1-7-23(43)41-15-19(4)42(16-18(41)3)29-21-13-22(31(33,34)35)25(24-17(2)9-10-20-14-36-39-27(20)24)26(32)28(21)37-30(38-29)44-12-8-11-40(5)6/h7,9-10,13-14,18-19H,1,8,11-12,15-16H2,2-6H3,(H,36,39)/t18-,19+/m1/s1. The van der Waals surface area contributed by atoms with E-state index in [4.69, 9.17) is 4.74 Å². The van der Waals surface area contributed by atoms with Gasteiger partial charge in [-0.05, 0) is 59.0 Å². The quantitative estimate of drug-likeness (QED) is 0.158. The number of nitrogens with one attached hydrogen (secondary N) is 1. The number of halogens is 4. The number of aromatic amines is 1. The van der Waals surface area contributed by atoms with Gasteiger partial charge in [-0.3, -0.25) is 9.89 Å². The fourth-order valence-corrected chi connectivity index (χ4v) is 5.77. The molecular formula is C31H35F4N7O2. The van der Waals surface area contributed by atoms with Gasteiger partial charge in [0.25, 0.3) is 0 Å². The second kappa shape index (κ2) is 12.0. The summed E-state index contributed by atoms with van der Waals surface area (Å²) in [6, 6.07) is 3.44. The summed E-state index contributed by atoms with van der Waals surface area (Å²) in [4.78, 5) is 26.7. The molecule has 234 valence electrons. The van der Waals surface area contributed by atoms with E-state index in [1.54, 1.807) is 28.9 Å². The van der Waals surface area contributed by atoms with Crippen LogP contribution < -0.4 is 9.64 Å². The first kappa shape index (κ1) is 31.2. The van der Waals surface area contributed by atoms with E-state index in [2.05, 4.69) is 26.7 Å². The number of amides is 1. The molecule has 13 heteroatoms. The molecule has 1 aliphatic heterocycles. The third-order valence-corrected chi connectivity index (χ3v) is 7.97. The number of rotatable bonds is 8. The van der Waals surface area contributed by atoms with Gasteiger partial charge in [0.15, 0.2) is 5.82 Å². The van der Waals surface area contributed by atoms with Crippen LogP contribution in [-0.2, 0) is 11.0 Å². The number of aryl methyl sites for hydroxylation is 1. The zero-order valence-electron chi connectivity index (χ0n) is 25.3. The van der Waals surface area contributed by atoms with E-state index in [1.807, 2.05) is 32.8 Å². The van der Waals surface area contributed by atoms with Crippen molar-refractivity contribution in [1.29, 1.82) is 0 Å². The lowest BCUT2D eigenvalue weighted by molar-refractivity contribution is -0.137. The molecule has 44 heavy (non-hydrogen) atoms. The Morgan fingerprint density at radius 3 is 2.61 bits per heavy atom. The number of carbonyl (C=O) groups is 1. The first-order valence-electron chi connectivity index (χ1n) is 14.3. The lowest BCUT2D eigenvalue weighted by Gasteiger charge is -2.44. The van der Waals surface area contributed by atoms with Crippen molar-refractivity contribution in [3.63, 3.8) is 0 Å². The largest absolute Gasteiger partial charge is 0.463 e. The predicted octanol–water partition coefficient (Wildman–Crippen LogP) is 5.58. The van der Waals surface area contributed by atoms with Gasteiger partial charge in [-0.2, -0.15) is 28.2 Å². The second-order valence-corrected chi connectivity index (χ2v) is 11.5. The molecule has 0 bridgehead atoms. The summed E-state index contributed by atoms with van der Waals surface area (Å²) in [5.74, 6) is -1.28. The van der Waals surface area contributed by atoms with Crippen molar-refractivity contribution in [1.82, 2.24) is 30.0 Å². The summed E-state index contributed by atoms with van der Waals surface area (Å²) in [5, 5.41) is 7.15. The monoisotopic (exact) mass is 613 g/mol. The fourth-order valence-electron chi connectivity index (χ4n) is 5.77. The highest BCUT2D eigenvalue weighted by molar-refractivity contribution is 6.01. The number of fused-ring (bicyclic) bond motifs is 2. The summed E-state index contributed by atoms with van der Waals surface area (Å²) in [7, 11) is 3.84. The Morgan fingerprint density at radius 1 is 1.18 bits per heavy atom. The molecule has 2 atom stereocenters. The SMILES string of the molecule is C=CC(=O)N1C[C@H](C)N(c2nc(OCCCN(C)C)nc3c(F)c(-c4c(C)ccc5cn[nH]c45)c(C(F)(F)F)cc23)C[C@H]1C. The van der Waals surface area contributed by atoms with Crippen molar-refractivity contribution >= 4 is 33.5 Å². The van der Waals surface area contributed by atoms with Gasteiger partial charge in [0.2, 0.25) is 5.91 Å². The lowest BCUT2D eigenvalue weighted by atomic mass is 9.91. The van der Waals surface area contributed by atoms with E-state index >= 15 is 4.39 Å². The predicted molar refractivity (Wildman–Crippen MR) is 161 cm³/mol. The van der Waals surface area contributed by atoms with E-state index in [1.165, 1.54) is 12.3 Å². The van der Waals surface area contributed by atoms with E-state index < -0.39 is 23.1 Å². The number of piperazine rings is 1. The molecule has 0 aliphatic carbocycles. The van der Waals surface area contributed by atoms with Crippen LogP contribution in [0.3, 0.4) is 0 Å². The first-order chi connectivity index (χ1) is 20.8. The number of carbonyl (C=O) groups excluding carboxylic acids is 1. The highest BCUT2D eigenvalue weighted by atomic mass is 19.4. The van der Waals surface area contributed by atoms with Crippen LogP contribution in [0.1, 0.15) is 31.4 Å². The van der Waals surface area contributed by atoms with Gasteiger partial charge in [0.1, 0.15) is 11.3 Å². The molecule has 1 saturated heterocycles. The van der Waals surface area contributed by atoms with Crippen molar-refractivity contribution in [3.8, 4) is 17.1 Å². The Balaban J connectivity index is 1.75. The minimum Gasteiger partial charge on any atom is -0.463 e. The van der Waals surface area contributed by atoms with Crippen LogP contribution in [-0.4, -0.2) is 88.3 Å². The third-order valence-electron chi connectivity index (χ3n) is 7.97. The van der Waals surface area contributed by atoms with Gasteiger partial charge >= 0.3 is 12.2 Å². The normalized spacial score (nSPS) is 17.6. The number of nitrogens with zero attached hydrogens (tertiary/aromatic N) is 6. The van der Waals surface area contributed by atoms with Crippen LogP contribution in [0.2, 0.25) is 0 Å². The van der Waals surface area contributed by atoms with Gasteiger partial charge in [-0.25, -0.2) is 4.39 Å². The molecule has 1 fully saturated rings. The molecule has 9 nitrogen and oxygen atoms in total. The van der Waals surface area contributed by atoms with Gasteiger partial charge in [0.05, 0.1) is 23.9 Å². The number of anilines is 1. The highest BCUT2D eigenvalue weighted by Gasteiger charge is 2.39. The van der Waals surface area contributed by atoms with Gasteiger partial charge in [-0.15, -0.1) is 0 Å². The lowest BCUT2D eigenvalue weighted by Crippen LogP contribution is -2.58. The first-order valence-corrected chi connectivity index (χ1v) is 14.3. The molecular weight excluding hydrogens is 578 g/mol. The summed E-state index contributed by atoms with van der Waals surface area (Å²) in [6.45, 7) is 10.3. The molecule has 5 rings (SSSR count). The number of H-pyrrole nitrogens is 1. The molecule has 2 aromatic heterocycles. The Bertz CT molecular complexity index is 1720. The molecule has 1 N–H and O–H groups in total. The number of alkyl halides is 3. The summed E-state index contributed by atoms with van der Waals surface area (Å²) >= 11 is 0. The van der Waals surface area contributed by atoms with Crippen molar-refractivity contribution in [2.75, 3.05) is 45.2 Å². The van der Waals surface area contributed by atoms with Gasteiger partial charge in [-0.1, -0.05) is 18.7 Å². The maximum atomic E-state index is 16.8. The molecule has 2 aromatic carbocycles. The Kier molecular flexibility index (Phi) is 8.52. The van der Waals surface area contributed by atoms with Gasteiger partial charge < -0.3 is 19.4 Å². The van der Waals surface area contributed by atoms with Crippen LogP contribution in [0.15, 0.2) is 37.1 Å². The van der Waals surface area contributed by atoms with E-state index in [0.29, 0.717) is 17.4 Å². The molecule has 0 saturated carbocycles. The van der Waals surface area contributed by atoms with Crippen molar-refractivity contribution < 1.29 is 27.1 Å². The Labute approximate surface area is 252 Å². The summed E-state index contributed by atoms with van der Waals surface area (Å²) in [5.41, 5.74) is -1.29. The number of aromatic nitrogens is 4. The molecule has 3 heterocycles. The minimum atomic E-state index is -4.91. The van der Waals surface area contributed by atoms with Crippen LogP contribution >= 0.6 is 0 Å². The zero-order chi connectivity index (χ0) is 31.9. The van der Waals surface area contributed by atoms with Crippen LogP contribution in [0, 0.1) is 12.7 Å². The molecule has 0 spiro atoms. The smallest absolute Gasteiger partial charge is 0.417 e. The fraction of sp³-hybridized carbons (Fsp3) is 0.419. The Morgan fingerprint density at radius 2 is 1.93 bits per heavy atom. The summed E-state index contributed by atoms with van der Waals surface area (Å²) < 4.78 is 67.1. The van der Waals surface area contributed by atoms with E-state index in [0.717, 1.165) is 12.6 Å². The molecule has 1 aliphatic rings. The van der Waals surface area contributed by atoms with Crippen molar-refractivity contribution in [2.24, 2.45) is 0 Å². The molecule has 1 amide bonds. The highest BCUT2D eigenvalue weighted by Crippen LogP contribution is 2.46. The molecule has 0 unspecified atom stereocenters. The maximum absolute atomic E-state index is 16.8. The molecule has 4 aromatic rings. The summed E-state index contributed by atoms with van der Waals surface area (Å²) in [6.07, 6.45) is -1.58. The molecule has 0 radical (unpaired) electrons. The van der Waals surface area contributed by atoms with Gasteiger partial charge in [0, 0.05) is 53.6 Å². The van der Waals surface area contributed by atoms with Crippen LogP contribution in [0.4, 0.5) is 23.4 Å². The van der Waals surface area contributed by atoms with Crippen LogP contribution in [0.25, 0.3) is 32.9 Å². The minimum absolute atomic E-state index is 0.0545. The van der Waals surface area contributed by atoms with E-state index in [9.17, 15) is 18.0 Å². The average Bonchev–Trinajstić information content (AvgIpc) is 3.44. The van der Waals surface area contributed by atoms with Crippen molar-refractivity contribution in [3.05, 3.63) is 54.0 Å². The van der Waals surface area contributed by atoms with E-state index in [-0.39, 0.29) is 71.5 Å². The zero-order valence-corrected chi connectivity index (χ0v) is 25.3. The maximum Gasteiger partial charge on any atom is 0.417 e. The van der Waals surface area contributed by atoms with Crippen LogP contribution in [0.5, 0.6) is 6.01 Å². The number of ether oxygens (including phenoxy) is 1. The van der Waals surface area contributed by atoms with Crippen molar-refractivity contribution in [2.45, 2.75) is 45.5 Å². The second-order valence-electron chi connectivity index (χ2n) is 11.5. The Hall–Kier alpha value is -4.26. The third kappa shape index (κ3) is 5.80.